The molecule has 0 bridgehead atoms. The third-order valence-corrected chi connectivity index (χ3v) is 3.66. The quantitative estimate of drug-likeness (QED) is 0.732. The molecule has 0 amide bonds. The summed E-state index contributed by atoms with van der Waals surface area (Å²) in [7, 11) is 0. The molecule has 1 N–H and O–H groups in total. The number of carbonyl (C=O) groups excluding carboxylic acids is 1. The van der Waals surface area contributed by atoms with Crippen molar-refractivity contribution in [2.75, 3.05) is 0 Å². The summed E-state index contributed by atoms with van der Waals surface area (Å²) in [6.07, 6.45) is 1.55. The van der Waals surface area contributed by atoms with E-state index >= 15 is 0 Å². The van der Waals surface area contributed by atoms with Crippen LogP contribution in [0.2, 0.25) is 0 Å². The van der Waals surface area contributed by atoms with Crippen molar-refractivity contribution in [3.63, 3.8) is 0 Å². The van der Waals surface area contributed by atoms with Crippen LogP contribution in [0.3, 0.4) is 0 Å². The first-order chi connectivity index (χ1) is 10.1. The zero-order valence-electron chi connectivity index (χ0n) is 10.8. The molecule has 1 heterocycles. The Bertz CT molecular complexity index is 816. The number of carbonyl (C=O) groups is 1. The van der Waals surface area contributed by atoms with Gasteiger partial charge in [0.1, 0.15) is 12.4 Å². The van der Waals surface area contributed by atoms with E-state index in [-0.39, 0.29) is 6.61 Å². The molecule has 0 aliphatic rings. The van der Waals surface area contributed by atoms with Gasteiger partial charge in [0.25, 0.3) is 0 Å². The van der Waals surface area contributed by atoms with Crippen molar-refractivity contribution in [2.45, 2.75) is 6.61 Å². The molecule has 4 nitrogen and oxygen atoms in total. The molecule has 2 aromatic carbocycles. The maximum atomic E-state index is 13.8. The Morgan fingerprint density at radius 1 is 1.33 bits per heavy atom. The molecular weight excluding hydrogens is 339 g/mol. The summed E-state index contributed by atoms with van der Waals surface area (Å²) in [6, 6.07) is 9.86. The molecule has 0 fully saturated rings. The molecule has 0 spiro atoms. The molecule has 0 aliphatic heterocycles. The second kappa shape index (κ2) is 5.65. The normalized spacial score (nSPS) is 10.8. The predicted octanol–water partition coefficient (Wildman–Crippen LogP) is 3.82. The SMILES string of the molecule is O=C(OCc1cccc(Br)c1F)c1ccc2nc[nH]c2c1. The van der Waals surface area contributed by atoms with Crippen LogP contribution in [-0.4, -0.2) is 15.9 Å². The number of rotatable bonds is 3. The van der Waals surface area contributed by atoms with Gasteiger partial charge in [-0.2, -0.15) is 0 Å². The second-order valence-corrected chi connectivity index (χ2v) is 5.28. The first kappa shape index (κ1) is 13.8. The number of ether oxygens (including phenoxy) is 1. The van der Waals surface area contributed by atoms with Crippen LogP contribution in [0, 0.1) is 5.82 Å². The molecule has 0 radical (unpaired) electrons. The van der Waals surface area contributed by atoms with Gasteiger partial charge in [-0.3, -0.25) is 0 Å². The monoisotopic (exact) mass is 348 g/mol. The average Bonchev–Trinajstić information content (AvgIpc) is 2.96. The summed E-state index contributed by atoms with van der Waals surface area (Å²) < 4.78 is 19.3. The van der Waals surface area contributed by atoms with Crippen LogP contribution in [0.5, 0.6) is 0 Å². The summed E-state index contributed by atoms with van der Waals surface area (Å²) in [6.45, 7) is -0.120. The number of hydrogen-bond acceptors (Lipinski definition) is 3. The topological polar surface area (TPSA) is 55.0 Å². The minimum absolute atomic E-state index is 0.120. The van der Waals surface area contributed by atoms with E-state index < -0.39 is 11.8 Å². The van der Waals surface area contributed by atoms with Crippen LogP contribution in [0.1, 0.15) is 15.9 Å². The number of nitrogens with one attached hydrogen (secondary N) is 1. The van der Waals surface area contributed by atoms with Crippen LogP contribution in [0.25, 0.3) is 11.0 Å². The lowest BCUT2D eigenvalue weighted by Gasteiger charge is -2.07. The maximum Gasteiger partial charge on any atom is 0.338 e. The van der Waals surface area contributed by atoms with Gasteiger partial charge in [-0.25, -0.2) is 14.2 Å². The van der Waals surface area contributed by atoms with E-state index in [1.165, 1.54) is 0 Å². The Morgan fingerprint density at radius 3 is 3.05 bits per heavy atom. The first-order valence-electron chi connectivity index (χ1n) is 6.18. The van der Waals surface area contributed by atoms with Gasteiger partial charge in [0.15, 0.2) is 0 Å². The smallest absolute Gasteiger partial charge is 0.338 e. The lowest BCUT2D eigenvalue weighted by molar-refractivity contribution is 0.0469. The van der Waals surface area contributed by atoms with Crippen molar-refractivity contribution in [3.8, 4) is 0 Å². The highest BCUT2D eigenvalue weighted by molar-refractivity contribution is 9.10. The molecular formula is C15H10BrFN2O2. The molecule has 6 heteroatoms. The van der Waals surface area contributed by atoms with Gasteiger partial charge in [0.2, 0.25) is 0 Å². The number of halogens is 2. The van der Waals surface area contributed by atoms with Crippen molar-refractivity contribution in [3.05, 3.63) is 64.1 Å². The lowest BCUT2D eigenvalue weighted by atomic mass is 10.2. The minimum Gasteiger partial charge on any atom is -0.457 e. The molecule has 3 rings (SSSR count). The molecule has 0 aliphatic carbocycles. The first-order valence-corrected chi connectivity index (χ1v) is 6.97. The van der Waals surface area contributed by atoms with Crippen molar-refractivity contribution in [2.24, 2.45) is 0 Å². The minimum atomic E-state index is -0.508. The Morgan fingerprint density at radius 2 is 2.19 bits per heavy atom. The van der Waals surface area contributed by atoms with Gasteiger partial charge in [0.05, 0.1) is 27.4 Å². The van der Waals surface area contributed by atoms with Gasteiger partial charge in [-0.05, 0) is 40.2 Å². The predicted molar refractivity (Wildman–Crippen MR) is 79.3 cm³/mol. The Labute approximate surface area is 128 Å². The van der Waals surface area contributed by atoms with E-state index in [0.29, 0.717) is 15.6 Å². The number of aromatic amines is 1. The fourth-order valence-electron chi connectivity index (χ4n) is 1.95. The highest BCUT2D eigenvalue weighted by Gasteiger charge is 2.12. The number of aromatic nitrogens is 2. The number of benzene rings is 2. The maximum absolute atomic E-state index is 13.8. The van der Waals surface area contributed by atoms with Crippen molar-refractivity contribution < 1.29 is 13.9 Å². The van der Waals surface area contributed by atoms with E-state index in [2.05, 4.69) is 25.9 Å². The van der Waals surface area contributed by atoms with E-state index in [4.69, 9.17) is 4.74 Å². The number of hydrogen-bond donors (Lipinski definition) is 1. The second-order valence-electron chi connectivity index (χ2n) is 4.42. The number of H-pyrrole nitrogens is 1. The van der Waals surface area contributed by atoms with Gasteiger partial charge in [-0.15, -0.1) is 0 Å². The van der Waals surface area contributed by atoms with Gasteiger partial charge < -0.3 is 9.72 Å². The Balaban J connectivity index is 1.75. The van der Waals surface area contributed by atoms with Gasteiger partial charge in [-0.1, -0.05) is 12.1 Å². The van der Waals surface area contributed by atoms with Crippen LogP contribution in [0.15, 0.2) is 47.2 Å². The summed E-state index contributed by atoms with van der Waals surface area (Å²) in [5.74, 6) is -0.930. The summed E-state index contributed by atoms with van der Waals surface area (Å²) in [4.78, 5) is 19.0. The molecule has 21 heavy (non-hydrogen) atoms. The van der Waals surface area contributed by atoms with Crippen molar-refractivity contribution in [1.29, 1.82) is 0 Å². The number of nitrogens with zero attached hydrogens (tertiary/aromatic N) is 1. The Hall–Kier alpha value is -2.21. The van der Waals surface area contributed by atoms with Crippen LogP contribution >= 0.6 is 15.9 Å². The van der Waals surface area contributed by atoms with Crippen LogP contribution in [0.4, 0.5) is 4.39 Å². The summed E-state index contributed by atoms with van der Waals surface area (Å²) >= 11 is 3.09. The number of imidazole rings is 1. The lowest BCUT2D eigenvalue weighted by Crippen LogP contribution is -2.06. The van der Waals surface area contributed by atoms with Crippen molar-refractivity contribution >= 4 is 32.9 Å². The third-order valence-electron chi connectivity index (χ3n) is 3.05. The van der Waals surface area contributed by atoms with Crippen LogP contribution in [-0.2, 0) is 11.3 Å². The fourth-order valence-corrected chi connectivity index (χ4v) is 2.36. The molecule has 1 aromatic heterocycles. The van der Waals surface area contributed by atoms with E-state index in [0.717, 1.165) is 11.0 Å². The van der Waals surface area contributed by atoms with E-state index in [9.17, 15) is 9.18 Å². The standard InChI is InChI=1S/C15H10BrFN2O2/c16-11-3-1-2-10(14(11)17)7-21-15(20)9-4-5-12-13(6-9)19-8-18-12/h1-6,8H,7H2,(H,18,19). The fraction of sp³-hybridized carbons (Fsp3) is 0.0667. The third kappa shape index (κ3) is 2.80. The van der Waals surface area contributed by atoms with Gasteiger partial charge >= 0.3 is 5.97 Å². The molecule has 0 saturated carbocycles. The zero-order chi connectivity index (χ0) is 14.8. The summed E-state index contributed by atoms with van der Waals surface area (Å²) in [5, 5.41) is 0. The van der Waals surface area contributed by atoms with Crippen molar-refractivity contribution in [1.82, 2.24) is 9.97 Å². The zero-order valence-corrected chi connectivity index (χ0v) is 12.4. The molecule has 106 valence electrons. The molecule has 3 aromatic rings. The molecule has 0 atom stereocenters. The van der Waals surface area contributed by atoms with E-state index in [1.54, 1.807) is 42.7 Å². The largest absolute Gasteiger partial charge is 0.457 e. The Kier molecular flexibility index (Phi) is 3.70. The van der Waals surface area contributed by atoms with Crippen LogP contribution < -0.4 is 0 Å². The van der Waals surface area contributed by atoms with E-state index in [1.807, 2.05) is 0 Å². The molecule has 0 unspecified atom stereocenters. The van der Waals surface area contributed by atoms with Gasteiger partial charge in [0, 0.05) is 5.56 Å². The number of esters is 1. The molecule has 0 saturated heterocycles. The number of fused-ring (bicyclic) bond motifs is 1. The highest BCUT2D eigenvalue weighted by atomic mass is 79.9. The highest BCUT2D eigenvalue weighted by Crippen LogP contribution is 2.20. The summed E-state index contributed by atoms with van der Waals surface area (Å²) in [5.41, 5.74) is 2.23. The average molecular weight is 349 g/mol.